The Hall–Kier alpha value is -1.63. The highest BCUT2D eigenvalue weighted by Gasteiger charge is 2.36. The SMILES string of the molecule is CN(C)C(=O)Cn1nc2n(c1=O)CCN(CC1CC3CCC1CC3)C2. The molecule has 2 heterocycles. The number of rotatable bonds is 4. The third kappa shape index (κ3) is 3.26. The molecule has 1 aromatic heterocycles. The van der Waals surface area contributed by atoms with Gasteiger partial charge in [0.15, 0.2) is 0 Å². The minimum Gasteiger partial charge on any atom is -0.347 e. The van der Waals surface area contributed by atoms with Crippen LogP contribution >= 0.6 is 0 Å². The highest BCUT2D eigenvalue weighted by atomic mass is 16.2. The molecule has 0 saturated heterocycles. The van der Waals surface area contributed by atoms with Crippen molar-refractivity contribution in [1.82, 2.24) is 24.1 Å². The first-order valence-electron chi connectivity index (χ1n) is 9.60. The van der Waals surface area contributed by atoms with Crippen molar-refractivity contribution < 1.29 is 4.79 Å². The molecule has 0 N–H and O–H groups in total. The summed E-state index contributed by atoms with van der Waals surface area (Å²) in [6.07, 6.45) is 7.08. The van der Waals surface area contributed by atoms with Crippen molar-refractivity contribution in [3.8, 4) is 0 Å². The van der Waals surface area contributed by atoms with Gasteiger partial charge in [0.2, 0.25) is 5.91 Å². The molecule has 5 rings (SSSR count). The molecule has 0 radical (unpaired) electrons. The van der Waals surface area contributed by atoms with E-state index in [1.165, 1.54) is 41.7 Å². The van der Waals surface area contributed by atoms with Crippen LogP contribution in [0.2, 0.25) is 0 Å². The quantitative estimate of drug-likeness (QED) is 0.807. The van der Waals surface area contributed by atoms with Crippen molar-refractivity contribution in [3.63, 3.8) is 0 Å². The predicted molar refractivity (Wildman–Crippen MR) is 94.0 cm³/mol. The van der Waals surface area contributed by atoms with Gasteiger partial charge in [0, 0.05) is 33.7 Å². The molecular formula is C18H29N5O2. The van der Waals surface area contributed by atoms with E-state index in [0.29, 0.717) is 6.54 Å². The maximum atomic E-state index is 12.4. The van der Waals surface area contributed by atoms with Crippen LogP contribution in [0.4, 0.5) is 0 Å². The number of hydrogen-bond donors (Lipinski definition) is 0. The second-order valence-corrected chi connectivity index (χ2v) is 8.31. The number of carbonyl (C=O) groups is 1. The minimum absolute atomic E-state index is 0.0260. The molecule has 4 aliphatic rings. The zero-order valence-corrected chi connectivity index (χ0v) is 15.4. The fraction of sp³-hybridized carbons (Fsp3) is 0.833. The molecule has 1 aromatic rings. The van der Waals surface area contributed by atoms with E-state index in [9.17, 15) is 9.59 Å². The summed E-state index contributed by atoms with van der Waals surface area (Å²) in [6.45, 7) is 3.49. The van der Waals surface area contributed by atoms with Crippen LogP contribution in [0.1, 0.15) is 37.9 Å². The van der Waals surface area contributed by atoms with Crippen LogP contribution in [-0.4, -0.2) is 57.2 Å². The maximum absolute atomic E-state index is 12.4. The zero-order valence-electron chi connectivity index (χ0n) is 15.4. The first-order chi connectivity index (χ1) is 12.0. The van der Waals surface area contributed by atoms with Crippen molar-refractivity contribution in [2.45, 2.75) is 51.7 Å². The molecule has 1 unspecified atom stereocenters. The van der Waals surface area contributed by atoms with Crippen molar-refractivity contribution in [2.24, 2.45) is 17.8 Å². The van der Waals surface area contributed by atoms with Gasteiger partial charge in [-0.2, -0.15) is 5.10 Å². The van der Waals surface area contributed by atoms with Crippen LogP contribution in [0.5, 0.6) is 0 Å². The van der Waals surface area contributed by atoms with Crippen LogP contribution in [0.25, 0.3) is 0 Å². The van der Waals surface area contributed by atoms with E-state index >= 15 is 0 Å². The standard InChI is InChI=1S/C18H29N5O2/c1-20(2)17(24)12-23-18(25)22-8-7-21(11-16(22)19-23)10-15-9-13-3-5-14(15)6-4-13/h13-15H,3-12H2,1-2H3. The number of hydrogen-bond acceptors (Lipinski definition) is 4. The Balaban J connectivity index is 1.43. The van der Waals surface area contributed by atoms with Gasteiger partial charge in [-0.05, 0) is 37.0 Å². The first-order valence-corrected chi connectivity index (χ1v) is 9.60. The van der Waals surface area contributed by atoms with Gasteiger partial charge in [-0.15, -0.1) is 0 Å². The molecule has 3 fully saturated rings. The van der Waals surface area contributed by atoms with Crippen LogP contribution in [0.15, 0.2) is 4.79 Å². The topological polar surface area (TPSA) is 63.4 Å². The second kappa shape index (κ2) is 6.59. The molecule has 138 valence electrons. The van der Waals surface area contributed by atoms with Gasteiger partial charge in [0.25, 0.3) is 0 Å². The maximum Gasteiger partial charge on any atom is 0.346 e. The number of aromatic nitrogens is 3. The summed E-state index contributed by atoms with van der Waals surface area (Å²) in [5.41, 5.74) is -0.151. The number of nitrogens with zero attached hydrogens (tertiary/aromatic N) is 5. The summed E-state index contributed by atoms with van der Waals surface area (Å²) >= 11 is 0. The van der Waals surface area contributed by atoms with Gasteiger partial charge in [-0.1, -0.05) is 12.8 Å². The average Bonchev–Trinajstić information content (AvgIpc) is 2.91. The fourth-order valence-corrected chi connectivity index (χ4v) is 4.95. The van der Waals surface area contributed by atoms with Crippen molar-refractivity contribution in [2.75, 3.05) is 27.2 Å². The van der Waals surface area contributed by atoms with E-state index in [-0.39, 0.29) is 18.1 Å². The van der Waals surface area contributed by atoms with Gasteiger partial charge >= 0.3 is 5.69 Å². The smallest absolute Gasteiger partial charge is 0.346 e. The lowest BCUT2D eigenvalue weighted by Crippen LogP contribution is -2.43. The Morgan fingerprint density at radius 2 is 1.96 bits per heavy atom. The van der Waals surface area contributed by atoms with E-state index in [2.05, 4.69) is 10.00 Å². The Morgan fingerprint density at radius 1 is 1.20 bits per heavy atom. The molecule has 0 spiro atoms. The monoisotopic (exact) mass is 347 g/mol. The molecule has 2 bridgehead atoms. The van der Waals surface area contributed by atoms with Crippen LogP contribution in [-0.2, 0) is 24.4 Å². The normalized spacial score (nSPS) is 28.8. The lowest BCUT2D eigenvalue weighted by atomic mass is 9.64. The molecule has 0 aromatic carbocycles. The highest BCUT2D eigenvalue weighted by molar-refractivity contribution is 5.75. The van der Waals surface area contributed by atoms with Crippen LogP contribution in [0.3, 0.4) is 0 Å². The van der Waals surface area contributed by atoms with Crippen molar-refractivity contribution in [3.05, 3.63) is 16.3 Å². The van der Waals surface area contributed by atoms with Gasteiger partial charge in [0.1, 0.15) is 12.4 Å². The first kappa shape index (κ1) is 16.8. The van der Waals surface area contributed by atoms with Crippen molar-refractivity contribution in [1.29, 1.82) is 0 Å². The predicted octanol–water partition coefficient (Wildman–Crippen LogP) is 0.775. The van der Waals surface area contributed by atoms with Crippen molar-refractivity contribution >= 4 is 5.91 Å². The molecule has 3 aliphatic carbocycles. The van der Waals surface area contributed by atoms with E-state index in [1.807, 2.05) is 0 Å². The van der Waals surface area contributed by atoms with Gasteiger partial charge in [0.05, 0.1) is 6.54 Å². The largest absolute Gasteiger partial charge is 0.347 e. The third-order valence-corrected chi connectivity index (χ3v) is 6.47. The molecule has 1 amide bonds. The second-order valence-electron chi connectivity index (χ2n) is 8.31. The molecule has 1 aliphatic heterocycles. The summed E-state index contributed by atoms with van der Waals surface area (Å²) in [5.74, 6) is 3.39. The number of amides is 1. The summed E-state index contributed by atoms with van der Waals surface area (Å²) in [6, 6.07) is 0. The zero-order chi connectivity index (χ0) is 17.6. The van der Waals surface area contributed by atoms with E-state index in [0.717, 1.165) is 43.2 Å². The Kier molecular flexibility index (Phi) is 4.43. The van der Waals surface area contributed by atoms with Gasteiger partial charge < -0.3 is 4.90 Å². The van der Waals surface area contributed by atoms with Gasteiger partial charge in [-0.25, -0.2) is 9.48 Å². The van der Waals surface area contributed by atoms with E-state index in [1.54, 1.807) is 18.7 Å². The van der Waals surface area contributed by atoms with Gasteiger partial charge in [-0.3, -0.25) is 14.3 Å². The lowest BCUT2D eigenvalue weighted by Gasteiger charge is -2.44. The van der Waals surface area contributed by atoms with E-state index in [4.69, 9.17) is 0 Å². The molecule has 1 atom stereocenters. The number of fused-ring (bicyclic) bond motifs is 4. The fourth-order valence-electron chi connectivity index (χ4n) is 4.95. The summed E-state index contributed by atoms with van der Waals surface area (Å²) in [7, 11) is 3.39. The highest BCUT2D eigenvalue weighted by Crippen LogP contribution is 2.45. The average molecular weight is 347 g/mol. The number of carbonyl (C=O) groups excluding carboxylic acids is 1. The number of likely N-dealkylation sites (N-methyl/N-ethyl adjacent to an activating group) is 1. The molecule has 7 heteroatoms. The Labute approximate surface area is 148 Å². The Bertz CT molecular complexity index is 699. The minimum atomic E-state index is -0.151. The lowest BCUT2D eigenvalue weighted by molar-refractivity contribution is -0.129. The summed E-state index contributed by atoms with van der Waals surface area (Å²) in [4.78, 5) is 28.3. The summed E-state index contributed by atoms with van der Waals surface area (Å²) < 4.78 is 3.07. The van der Waals surface area contributed by atoms with Crippen LogP contribution < -0.4 is 5.69 Å². The molecule has 7 nitrogen and oxygen atoms in total. The van der Waals surface area contributed by atoms with Crippen LogP contribution in [0, 0.1) is 17.8 Å². The third-order valence-electron chi connectivity index (χ3n) is 6.47. The molecule has 3 saturated carbocycles. The Morgan fingerprint density at radius 3 is 2.60 bits per heavy atom. The molecular weight excluding hydrogens is 318 g/mol. The molecule has 25 heavy (non-hydrogen) atoms. The van der Waals surface area contributed by atoms with E-state index < -0.39 is 0 Å². The summed E-state index contributed by atoms with van der Waals surface area (Å²) in [5, 5.41) is 4.44.